The van der Waals surface area contributed by atoms with Crippen LogP contribution in [0.5, 0.6) is 0 Å². The summed E-state index contributed by atoms with van der Waals surface area (Å²) in [7, 11) is 0. The van der Waals surface area contributed by atoms with Gasteiger partial charge in [-0.05, 0) is 24.3 Å². The van der Waals surface area contributed by atoms with Gasteiger partial charge in [-0.1, -0.05) is 0 Å². The molecule has 0 unspecified atom stereocenters. The van der Waals surface area contributed by atoms with Gasteiger partial charge < -0.3 is 10.9 Å². The number of hydrogen-bond donors (Lipinski definition) is 2. The number of halogens is 1. The van der Waals surface area contributed by atoms with Crippen LogP contribution in [0.2, 0.25) is 0 Å². The molecule has 1 rings (SSSR count). The number of hydrazine groups is 1. The molecule has 0 amide bonds. The minimum atomic E-state index is -0.256. The van der Waals surface area contributed by atoms with E-state index in [9.17, 15) is 4.39 Å². The summed E-state index contributed by atoms with van der Waals surface area (Å²) in [4.78, 5) is 0. The molecule has 0 saturated carbocycles. The molecular formula is C6H9FN2O. The fourth-order valence-corrected chi connectivity index (χ4v) is 0.546. The van der Waals surface area contributed by atoms with E-state index in [1.165, 1.54) is 12.1 Å². The Balaban J connectivity index is 0.000000810. The van der Waals surface area contributed by atoms with Crippen molar-refractivity contribution in [1.82, 2.24) is 0 Å². The molecule has 0 fully saturated rings. The third-order valence-corrected chi connectivity index (χ3v) is 1.01. The predicted molar refractivity (Wildman–Crippen MR) is 37.8 cm³/mol. The zero-order valence-corrected chi connectivity index (χ0v) is 5.26. The quantitative estimate of drug-likeness (QED) is 0.439. The molecule has 10 heavy (non-hydrogen) atoms. The number of rotatable bonds is 1. The minimum absolute atomic E-state index is 0. The van der Waals surface area contributed by atoms with Gasteiger partial charge >= 0.3 is 0 Å². The van der Waals surface area contributed by atoms with Gasteiger partial charge in [0.25, 0.3) is 0 Å². The first-order valence-electron chi connectivity index (χ1n) is 2.55. The molecule has 0 atom stereocenters. The highest BCUT2D eigenvalue weighted by Crippen LogP contribution is 2.05. The Labute approximate surface area is 57.9 Å². The number of hydrogen-bond acceptors (Lipinski definition) is 2. The van der Waals surface area contributed by atoms with Crippen molar-refractivity contribution in [2.24, 2.45) is 5.84 Å². The third kappa shape index (κ3) is 2.00. The van der Waals surface area contributed by atoms with E-state index in [-0.39, 0.29) is 11.3 Å². The van der Waals surface area contributed by atoms with Crippen LogP contribution >= 0.6 is 0 Å². The summed E-state index contributed by atoms with van der Waals surface area (Å²) in [6.45, 7) is 0. The average molecular weight is 144 g/mol. The zero-order valence-electron chi connectivity index (χ0n) is 5.26. The summed E-state index contributed by atoms with van der Waals surface area (Å²) in [6, 6.07) is 5.81. The minimum Gasteiger partial charge on any atom is -0.412 e. The Morgan fingerprint density at radius 2 is 1.70 bits per heavy atom. The molecule has 1 aromatic rings. The van der Waals surface area contributed by atoms with Crippen molar-refractivity contribution in [1.29, 1.82) is 0 Å². The van der Waals surface area contributed by atoms with Crippen LogP contribution in [-0.4, -0.2) is 5.48 Å². The summed E-state index contributed by atoms with van der Waals surface area (Å²) in [5, 5.41) is 0. The van der Waals surface area contributed by atoms with Gasteiger partial charge in [0.1, 0.15) is 5.82 Å². The van der Waals surface area contributed by atoms with E-state index in [0.29, 0.717) is 5.69 Å². The van der Waals surface area contributed by atoms with Gasteiger partial charge in [0, 0.05) is 5.69 Å². The number of nitrogen functional groups attached to an aromatic ring is 1. The van der Waals surface area contributed by atoms with Crippen molar-refractivity contribution >= 4 is 5.69 Å². The van der Waals surface area contributed by atoms with E-state index in [0.717, 1.165) is 0 Å². The molecule has 0 heterocycles. The molecular weight excluding hydrogens is 135 g/mol. The SMILES string of the molecule is NNc1ccc(F)cc1.O. The molecule has 0 aromatic heterocycles. The number of nitrogens with one attached hydrogen (secondary N) is 1. The van der Waals surface area contributed by atoms with Crippen LogP contribution in [0, 0.1) is 5.82 Å². The lowest BCUT2D eigenvalue weighted by atomic mass is 10.3. The van der Waals surface area contributed by atoms with Crippen molar-refractivity contribution in [2.45, 2.75) is 0 Å². The maximum Gasteiger partial charge on any atom is 0.123 e. The van der Waals surface area contributed by atoms with Crippen LogP contribution in [0.15, 0.2) is 24.3 Å². The average Bonchev–Trinajstić information content (AvgIpc) is 1.90. The Morgan fingerprint density at radius 1 is 1.20 bits per heavy atom. The summed E-state index contributed by atoms with van der Waals surface area (Å²) >= 11 is 0. The van der Waals surface area contributed by atoms with E-state index in [1.807, 2.05) is 0 Å². The van der Waals surface area contributed by atoms with E-state index < -0.39 is 0 Å². The van der Waals surface area contributed by atoms with Gasteiger partial charge in [0.05, 0.1) is 0 Å². The zero-order chi connectivity index (χ0) is 6.69. The number of nitrogens with two attached hydrogens (primary N) is 1. The van der Waals surface area contributed by atoms with Crippen LogP contribution in [0.25, 0.3) is 0 Å². The maximum atomic E-state index is 12.2. The second-order valence-electron chi connectivity index (χ2n) is 1.65. The first-order chi connectivity index (χ1) is 4.33. The Morgan fingerprint density at radius 3 is 2.10 bits per heavy atom. The van der Waals surface area contributed by atoms with Gasteiger partial charge in [-0.25, -0.2) is 4.39 Å². The van der Waals surface area contributed by atoms with Gasteiger partial charge in [0.15, 0.2) is 0 Å². The molecule has 0 bridgehead atoms. The topological polar surface area (TPSA) is 69.5 Å². The molecule has 5 N–H and O–H groups in total. The Bertz CT molecular complexity index is 187. The van der Waals surface area contributed by atoms with Crippen molar-refractivity contribution in [3.63, 3.8) is 0 Å². The number of benzene rings is 1. The van der Waals surface area contributed by atoms with E-state index in [1.54, 1.807) is 12.1 Å². The molecule has 56 valence electrons. The van der Waals surface area contributed by atoms with E-state index >= 15 is 0 Å². The fourth-order valence-electron chi connectivity index (χ4n) is 0.546. The molecule has 0 aliphatic rings. The fraction of sp³-hybridized carbons (Fsp3) is 0. The largest absolute Gasteiger partial charge is 0.412 e. The second-order valence-corrected chi connectivity index (χ2v) is 1.65. The standard InChI is InChI=1S/C6H7FN2.H2O/c7-5-1-3-6(9-8)4-2-5;/h1-4,9H,8H2;1H2. The Hall–Kier alpha value is -1.13. The Kier molecular flexibility index (Phi) is 3.38. The maximum absolute atomic E-state index is 12.2. The predicted octanol–water partition coefficient (Wildman–Crippen LogP) is 0.287. The van der Waals surface area contributed by atoms with Crippen molar-refractivity contribution in [3.8, 4) is 0 Å². The third-order valence-electron chi connectivity index (χ3n) is 1.01. The molecule has 1 aromatic carbocycles. The molecule has 0 spiro atoms. The van der Waals surface area contributed by atoms with Crippen LogP contribution in [0.3, 0.4) is 0 Å². The highest BCUT2D eigenvalue weighted by atomic mass is 19.1. The van der Waals surface area contributed by atoms with Crippen LogP contribution < -0.4 is 11.3 Å². The summed E-state index contributed by atoms with van der Waals surface area (Å²) in [6.07, 6.45) is 0. The lowest BCUT2D eigenvalue weighted by molar-refractivity contribution is 0.628. The molecule has 0 aliphatic carbocycles. The summed E-state index contributed by atoms with van der Waals surface area (Å²) in [5.74, 6) is 4.77. The second kappa shape index (κ2) is 3.81. The first-order valence-corrected chi connectivity index (χ1v) is 2.55. The van der Waals surface area contributed by atoms with Gasteiger partial charge in [-0.3, -0.25) is 5.84 Å². The van der Waals surface area contributed by atoms with Gasteiger partial charge in [0.2, 0.25) is 0 Å². The first kappa shape index (κ1) is 8.87. The smallest absolute Gasteiger partial charge is 0.123 e. The molecule has 3 nitrogen and oxygen atoms in total. The number of anilines is 1. The van der Waals surface area contributed by atoms with Crippen molar-refractivity contribution in [2.75, 3.05) is 5.43 Å². The van der Waals surface area contributed by atoms with Crippen LogP contribution in [0.1, 0.15) is 0 Å². The normalized spacial score (nSPS) is 8.20. The molecule has 4 heteroatoms. The monoisotopic (exact) mass is 144 g/mol. The highest BCUT2D eigenvalue weighted by molar-refractivity contribution is 5.41. The molecule has 0 saturated heterocycles. The van der Waals surface area contributed by atoms with Crippen molar-refractivity contribution < 1.29 is 9.87 Å². The van der Waals surface area contributed by atoms with Crippen LogP contribution in [-0.2, 0) is 0 Å². The molecule has 0 aliphatic heterocycles. The van der Waals surface area contributed by atoms with Gasteiger partial charge in [-0.15, -0.1) is 0 Å². The van der Waals surface area contributed by atoms with E-state index in [2.05, 4.69) is 5.43 Å². The summed E-state index contributed by atoms with van der Waals surface area (Å²) in [5.41, 5.74) is 3.09. The van der Waals surface area contributed by atoms with Crippen LogP contribution in [0.4, 0.5) is 10.1 Å². The summed E-state index contributed by atoms with van der Waals surface area (Å²) < 4.78 is 12.2. The van der Waals surface area contributed by atoms with E-state index in [4.69, 9.17) is 5.84 Å². The molecule has 0 radical (unpaired) electrons. The van der Waals surface area contributed by atoms with Crippen molar-refractivity contribution in [3.05, 3.63) is 30.1 Å². The van der Waals surface area contributed by atoms with Gasteiger partial charge in [-0.2, -0.15) is 0 Å². The highest BCUT2D eigenvalue weighted by Gasteiger charge is 1.87. The lowest BCUT2D eigenvalue weighted by Gasteiger charge is -1.95. The lowest BCUT2D eigenvalue weighted by Crippen LogP contribution is -2.05.